The zero-order chi connectivity index (χ0) is 13.9. The third-order valence-electron chi connectivity index (χ3n) is 3.40. The second-order valence-corrected chi connectivity index (χ2v) is 4.81. The van der Waals surface area contributed by atoms with Crippen LogP contribution in [0.3, 0.4) is 0 Å². The minimum atomic E-state index is -0.397. The Labute approximate surface area is 114 Å². The van der Waals surface area contributed by atoms with Crippen molar-refractivity contribution in [2.75, 3.05) is 25.0 Å². The summed E-state index contributed by atoms with van der Waals surface area (Å²) in [6, 6.07) is 3.36. The van der Waals surface area contributed by atoms with Gasteiger partial charge >= 0.3 is 5.69 Å². The van der Waals surface area contributed by atoms with Crippen LogP contribution < -0.4 is 11.0 Å². The molecule has 1 amide bonds. The predicted molar refractivity (Wildman–Crippen MR) is 72.5 cm³/mol. The Bertz CT molecular complexity index is 670. The van der Waals surface area contributed by atoms with Crippen molar-refractivity contribution in [3.05, 3.63) is 22.6 Å². The molecular weight excluding hydrogens is 260 g/mol. The number of anilines is 1. The summed E-state index contributed by atoms with van der Waals surface area (Å²) in [6.07, 6.45) is 3.33. The first-order valence-electron chi connectivity index (χ1n) is 6.70. The molecule has 0 atom stereocenters. The topological polar surface area (TPSA) is 95.4 Å². The van der Waals surface area contributed by atoms with Crippen LogP contribution in [0, 0.1) is 0 Å². The molecule has 3 heterocycles. The predicted octanol–water partition coefficient (Wildman–Crippen LogP) is -0.158. The van der Waals surface area contributed by atoms with E-state index in [1.807, 2.05) is 4.90 Å². The number of fused-ring (bicyclic) bond motifs is 1. The first kappa shape index (κ1) is 12.6. The molecule has 8 heteroatoms. The van der Waals surface area contributed by atoms with Gasteiger partial charge in [-0.25, -0.2) is 9.89 Å². The van der Waals surface area contributed by atoms with E-state index in [4.69, 9.17) is 0 Å². The summed E-state index contributed by atoms with van der Waals surface area (Å²) >= 11 is 0. The van der Waals surface area contributed by atoms with Crippen molar-refractivity contribution in [1.82, 2.24) is 24.7 Å². The van der Waals surface area contributed by atoms with Crippen molar-refractivity contribution in [2.45, 2.75) is 19.3 Å². The van der Waals surface area contributed by atoms with Crippen LogP contribution in [0.15, 0.2) is 16.9 Å². The lowest BCUT2D eigenvalue weighted by molar-refractivity contribution is -0.130. The Kier molecular flexibility index (Phi) is 3.36. The third-order valence-corrected chi connectivity index (χ3v) is 3.40. The fraction of sp³-hybridized carbons (Fsp3) is 0.500. The van der Waals surface area contributed by atoms with Crippen LogP contribution in [0.25, 0.3) is 5.65 Å². The van der Waals surface area contributed by atoms with Gasteiger partial charge in [-0.3, -0.25) is 4.79 Å². The van der Waals surface area contributed by atoms with Crippen LogP contribution in [-0.2, 0) is 4.79 Å². The first-order chi connectivity index (χ1) is 9.74. The normalized spacial score (nSPS) is 15.5. The summed E-state index contributed by atoms with van der Waals surface area (Å²) in [7, 11) is 0. The molecule has 3 rings (SSSR count). The number of carbonyl (C=O) groups is 1. The smallest absolute Gasteiger partial charge is 0.360 e. The SMILES string of the molecule is O=C(CNc1ccc2n[nH]c(=O)n2n1)N1CCCCC1. The van der Waals surface area contributed by atoms with E-state index in [1.165, 1.54) is 6.42 Å². The summed E-state index contributed by atoms with van der Waals surface area (Å²) in [5.41, 5.74) is 0.0499. The Hall–Kier alpha value is -2.38. The summed E-state index contributed by atoms with van der Waals surface area (Å²) < 4.78 is 1.16. The Morgan fingerprint density at radius 3 is 2.90 bits per heavy atom. The highest BCUT2D eigenvalue weighted by atomic mass is 16.2. The largest absolute Gasteiger partial charge is 0.364 e. The van der Waals surface area contributed by atoms with Crippen LogP contribution in [0.4, 0.5) is 5.82 Å². The van der Waals surface area contributed by atoms with Gasteiger partial charge < -0.3 is 10.2 Å². The second kappa shape index (κ2) is 5.32. The van der Waals surface area contributed by atoms with E-state index in [1.54, 1.807) is 12.1 Å². The minimum absolute atomic E-state index is 0.0612. The number of carbonyl (C=O) groups excluding carboxylic acids is 1. The lowest BCUT2D eigenvalue weighted by Gasteiger charge is -2.26. The zero-order valence-corrected chi connectivity index (χ0v) is 11.0. The van der Waals surface area contributed by atoms with E-state index in [2.05, 4.69) is 20.6 Å². The molecule has 1 aliphatic heterocycles. The van der Waals surface area contributed by atoms with Gasteiger partial charge in [0.25, 0.3) is 0 Å². The Morgan fingerprint density at radius 1 is 1.30 bits per heavy atom. The number of likely N-dealkylation sites (tertiary alicyclic amines) is 1. The number of hydrogen-bond donors (Lipinski definition) is 2. The van der Waals surface area contributed by atoms with Crippen LogP contribution in [-0.4, -0.2) is 50.3 Å². The summed E-state index contributed by atoms with van der Waals surface area (Å²) in [4.78, 5) is 25.3. The molecule has 2 N–H and O–H groups in total. The fourth-order valence-electron chi connectivity index (χ4n) is 2.32. The molecule has 2 aromatic rings. The lowest BCUT2D eigenvalue weighted by Crippen LogP contribution is -2.39. The van der Waals surface area contributed by atoms with E-state index >= 15 is 0 Å². The van der Waals surface area contributed by atoms with E-state index in [9.17, 15) is 9.59 Å². The Balaban J connectivity index is 1.65. The zero-order valence-electron chi connectivity index (χ0n) is 11.0. The maximum Gasteiger partial charge on any atom is 0.364 e. The molecule has 0 saturated carbocycles. The minimum Gasteiger partial charge on any atom is -0.360 e. The summed E-state index contributed by atoms with van der Waals surface area (Å²) in [5.74, 6) is 0.539. The molecule has 106 valence electrons. The number of hydrogen-bond acceptors (Lipinski definition) is 5. The first-order valence-corrected chi connectivity index (χ1v) is 6.70. The number of rotatable bonds is 3. The molecule has 0 aliphatic carbocycles. The maximum absolute atomic E-state index is 12.0. The van der Waals surface area contributed by atoms with Crippen LogP contribution in [0.2, 0.25) is 0 Å². The molecule has 2 aromatic heterocycles. The van der Waals surface area contributed by atoms with Crippen molar-refractivity contribution in [3.63, 3.8) is 0 Å². The summed E-state index contributed by atoms with van der Waals surface area (Å²) in [6.45, 7) is 1.84. The second-order valence-electron chi connectivity index (χ2n) is 4.81. The van der Waals surface area contributed by atoms with Crippen LogP contribution in [0.1, 0.15) is 19.3 Å². The average Bonchev–Trinajstić information content (AvgIpc) is 2.87. The van der Waals surface area contributed by atoms with E-state index in [0.29, 0.717) is 11.5 Å². The Morgan fingerprint density at radius 2 is 2.10 bits per heavy atom. The maximum atomic E-state index is 12.0. The lowest BCUT2D eigenvalue weighted by atomic mass is 10.1. The van der Waals surface area contributed by atoms with Crippen LogP contribution in [0.5, 0.6) is 0 Å². The molecule has 1 saturated heterocycles. The average molecular weight is 276 g/mol. The standard InChI is InChI=1S/C12H16N6O2/c19-11(17-6-2-1-3-7-17)8-13-9-4-5-10-14-15-12(20)18(10)16-9/h4-5H,1-3,6-8H2,(H,13,16)(H,15,20). The molecule has 8 nitrogen and oxygen atoms in total. The van der Waals surface area contributed by atoms with E-state index < -0.39 is 5.69 Å². The third kappa shape index (κ3) is 2.49. The number of nitrogens with one attached hydrogen (secondary N) is 2. The molecule has 1 fully saturated rings. The van der Waals surface area contributed by atoms with Gasteiger partial charge in [0.15, 0.2) is 5.65 Å². The fourth-order valence-corrected chi connectivity index (χ4v) is 2.32. The van der Waals surface area contributed by atoms with Gasteiger partial charge in [-0.1, -0.05) is 0 Å². The highest BCUT2D eigenvalue weighted by Gasteiger charge is 2.16. The van der Waals surface area contributed by atoms with E-state index in [0.717, 1.165) is 30.4 Å². The van der Waals surface area contributed by atoms with Crippen LogP contribution >= 0.6 is 0 Å². The quantitative estimate of drug-likeness (QED) is 0.812. The van der Waals surface area contributed by atoms with Crippen molar-refractivity contribution in [2.24, 2.45) is 0 Å². The number of amides is 1. The van der Waals surface area contributed by atoms with Gasteiger partial charge in [0.2, 0.25) is 5.91 Å². The molecule has 0 spiro atoms. The van der Waals surface area contributed by atoms with Gasteiger partial charge in [-0.2, -0.15) is 9.61 Å². The van der Waals surface area contributed by atoms with Crippen molar-refractivity contribution in [1.29, 1.82) is 0 Å². The number of H-pyrrole nitrogens is 1. The molecule has 0 aromatic carbocycles. The van der Waals surface area contributed by atoms with Gasteiger partial charge in [-0.15, -0.1) is 5.10 Å². The monoisotopic (exact) mass is 276 g/mol. The number of aromatic amines is 1. The molecule has 0 radical (unpaired) electrons. The molecule has 0 unspecified atom stereocenters. The molecular formula is C12H16N6O2. The van der Waals surface area contributed by atoms with Crippen molar-refractivity contribution < 1.29 is 4.79 Å². The molecule has 0 bridgehead atoms. The van der Waals surface area contributed by atoms with Gasteiger partial charge in [0.1, 0.15) is 5.82 Å². The van der Waals surface area contributed by atoms with Gasteiger partial charge in [0.05, 0.1) is 6.54 Å². The van der Waals surface area contributed by atoms with Crippen molar-refractivity contribution in [3.8, 4) is 0 Å². The highest BCUT2D eigenvalue weighted by Crippen LogP contribution is 2.09. The van der Waals surface area contributed by atoms with Gasteiger partial charge in [0, 0.05) is 13.1 Å². The van der Waals surface area contributed by atoms with Crippen molar-refractivity contribution >= 4 is 17.4 Å². The van der Waals surface area contributed by atoms with E-state index in [-0.39, 0.29) is 12.5 Å². The molecule has 1 aliphatic rings. The van der Waals surface area contributed by atoms with Gasteiger partial charge in [-0.05, 0) is 31.4 Å². The number of aromatic nitrogens is 4. The molecule has 20 heavy (non-hydrogen) atoms. The summed E-state index contributed by atoms with van der Waals surface area (Å²) in [5, 5.41) is 13.1. The highest BCUT2D eigenvalue weighted by molar-refractivity contribution is 5.80. The number of piperidine rings is 1. The number of nitrogens with zero attached hydrogens (tertiary/aromatic N) is 4.